The number of imide groups is 1. The Labute approximate surface area is 324 Å². The molecule has 3 amide bonds. The second-order valence-electron chi connectivity index (χ2n) is 14.0. The van der Waals surface area contributed by atoms with Crippen LogP contribution in [-0.4, -0.2) is 41.2 Å². The van der Waals surface area contributed by atoms with Crippen LogP contribution in [0, 0.1) is 5.92 Å². The number of hydrogen-bond donors (Lipinski definition) is 1. The van der Waals surface area contributed by atoms with Gasteiger partial charge in [0.05, 0.1) is 30.2 Å². The van der Waals surface area contributed by atoms with Crippen LogP contribution in [0.15, 0.2) is 133 Å². The molecule has 2 heterocycles. The third-order valence-electron chi connectivity index (χ3n) is 11.0. The molecule has 4 atom stereocenters. The lowest BCUT2D eigenvalue weighted by atomic mass is 9.58. The fourth-order valence-electron chi connectivity index (χ4n) is 9.02. The van der Waals surface area contributed by atoms with Gasteiger partial charge in [-0.15, -0.1) is 0 Å². The number of carbonyl (C=O) groups excluding carboxylic acids is 5. The Hall–Kier alpha value is -5.90. The number of anilines is 2. The minimum Gasteiger partial charge on any atom is -0.466 e. The summed E-state index contributed by atoms with van der Waals surface area (Å²) in [6, 6.07) is 38.7. The standard InChI is InChI=1S/C41H31ClN2O5.C4H8O2/c1-26(45)44-34-19-11-9-17-32(34)41(38(44)48)36(35(46)28-20-22-30(42)23-21-28)39(25-40(41,49)29-14-6-3-7-15-29)31-16-8-10-18-33(31)43(37(39)47)24-27-12-4-2-5-13-27;1-3-6-4(2)5/h2-23,36,49H,24-25H2,1H3;3H2,1-2H3/t36-,39-,40+,41+;/m1./s1. The number of ether oxygens (including phenoxy) is 1. The van der Waals surface area contributed by atoms with Crippen molar-refractivity contribution in [1.82, 2.24) is 0 Å². The van der Waals surface area contributed by atoms with Crippen LogP contribution in [0.2, 0.25) is 5.02 Å². The van der Waals surface area contributed by atoms with Crippen LogP contribution in [0.25, 0.3) is 0 Å². The topological polar surface area (TPSA) is 121 Å². The summed E-state index contributed by atoms with van der Waals surface area (Å²) in [5.41, 5.74) is -2.73. The van der Waals surface area contributed by atoms with Gasteiger partial charge in [-0.05, 0) is 65.6 Å². The van der Waals surface area contributed by atoms with Crippen molar-refractivity contribution in [2.75, 3.05) is 16.4 Å². The molecule has 1 N–H and O–H groups in total. The van der Waals surface area contributed by atoms with E-state index in [9.17, 15) is 14.7 Å². The summed E-state index contributed by atoms with van der Waals surface area (Å²) in [6.07, 6.45) is -0.291. The molecule has 55 heavy (non-hydrogen) atoms. The highest BCUT2D eigenvalue weighted by Crippen LogP contribution is 2.71. The molecule has 9 nitrogen and oxygen atoms in total. The van der Waals surface area contributed by atoms with Gasteiger partial charge >= 0.3 is 5.97 Å². The summed E-state index contributed by atoms with van der Waals surface area (Å²) in [4.78, 5) is 72.3. The first-order valence-corrected chi connectivity index (χ1v) is 18.4. The minimum absolute atomic E-state index is 0.209. The number of esters is 1. The zero-order chi connectivity index (χ0) is 39.1. The molecule has 3 aliphatic rings. The van der Waals surface area contributed by atoms with E-state index in [0.29, 0.717) is 34.0 Å². The summed E-state index contributed by atoms with van der Waals surface area (Å²) < 4.78 is 4.40. The minimum atomic E-state index is -2.12. The van der Waals surface area contributed by atoms with Crippen molar-refractivity contribution in [3.63, 3.8) is 0 Å². The van der Waals surface area contributed by atoms with E-state index in [-0.39, 0.29) is 30.2 Å². The highest BCUT2D eigenvalue weighted by molar-refractivity contribution is 6.31. The molecular formula is C45H39ClN2O7. The van der Waals surface area contributed by atoms with Crippen molar-refractivity contribution in [3.8, 4) is 0 Å². The number of fused-ring (bicyclic) bond motifs is 4. The Morgan fingerprint density at radius 3 is 1.89 bits per heavy atom. The molecule has 0 aromatic heterocycles. The Balaban J connectivity index is 0.000000719. The van der Waals surface area contributed by atoms with E-state index in [2.05, 4.69) is 4.74 Å². The van der Waals surface area contributed by atoms with Gasteiger partial charge in [-0.2, -0.15) is 0 Å². The molecule has 1 aliphatic carbocycles. The predicted molar refractivity (Wildman–Crippen MR) is 209 cm³/mol. The molecule has 0 saturated heterocycles. The molecule has 0 radical (unpaired) electrons. The fraction of sp³-hybridized carbons (Fsp3) is 0.222. The average Bonchev–Trinajstić information content (AvgIpc) is 3.70. The number of rotatable bonds is 6. The van der Waals surface area contributed by atoms with Crippen LogP contribution in [0.3, 0.4) is 0 Å². The maximum Gasteiger partial charge on any atom is 0.302 e. The lowest BCUT2D eigenvalue weighted by molar-refractivity contribution is -0.140. The monoisotopic (exact) mass is 754 g/mol. The quantitative estimate of drug-likeness (QED) is 0.143. The van der Waals surface area contributed by atoms with Crippen LogP contribution in [0.5, 0.6) is 0 Å². The first kappa shape index (κ1) is 37.4. The number of amides is 3. The molecule has 10 heteroatoms. The van der Waals surface area contributed by atoms with E-state index < -0.39 is 45.9 Å². The normalized spacial score (nSPS) is 23.3. The summed E-state index contributed by atoms with van der Waals surface area (Å²) >= 11 is 6.26. The van der Waals surface area contributed by atoms with Gasteiger partial charge in [0.25, 0.3) is 0 Å². The van der Waals surface area contributed by atoms with E-state index in [1.54, 1.807) is 90.7 Å². The highest BCUT2D eigenvalue weighted by Gasteiger charge is 2.82. The van der Waals surface area contributed by atoms with Crippen molar-refractivity contribution in [2.24, 2.45) is 5.92 Å². The van der Waals surface area contributed by atoms with Gasteiger partial charge < -0.3 is 14.7 Å². The molecule has 2 aliphatic heterocycles. The summed E-state index contributed by atoms with van der Waals surface area (Å²) in [6.45, 7) is 5.15. The van der Waals surface area contributed by atoms with E-state index in [1.807, 2.05) is 54.6 Å². The van der Waals surface area contributed by atoms with Gasteiger partial charge in [-0.25, -0.2) is 4.90 Å². The second-order valence-corrected chi connectivity index (χ2v) is 14.4. The van der Waals surface area contributed by atoms with Crippen molar-refractivity contribution >= 4 is 52.4 Å². The Kier molecular flexibility index (Phi) is 9.79. The van der Waals surface area contributed by atoms with E-state index >= 15 is 14.4 Å². The Morgan fingerprint density at radius 2 is 1.31 bits per heavy atom. The number of nitrogens with zero attached hydrogens (tertiary/aromatic N) is 2. The SMILES string of the molecule is CC(=O)N1C(=O)[C@]2(c3ccccc31)[C@H](C(=O)c1ccc(Cl)cc1)[C@]1(C[C@]2(O)c2ccccc2)C(=O)N(Cc2ccccc2)c2ccccc21.CCOC(C)=O. The van der Waals surface area contributed by atoms with Gasteiger partial charge in [0.1, 0.15) is 11.0 Å². The number of para-hydroxylation sites is 2. The average molecular weight is 755 g/mol. The van der Waals surface area contributed by atoms with Gasteiger partial charge in [0.15, 0.2) is 5.78 Å². The summed E-state index contributed by atoms with van der Waals surface area (Å²) in [5.74, 6) is -3.91. The lowest BCUT2D eigenvalue weighted by Gasteiger charge is -2.42. The maximum absolute atomic E-state index is 15.5. The van der Waals surface area contributed by atoms with E-state index in [1.165, 1.54) is 13.8 Å². The lowest BCUT2D eigenvalue weighted by Crippen LogP contribution is -2.59. The third-order valence-corrected chi connectivity index (χ3v) is 11.3. The molecule has 0 unspecified atom stereocenters. The van der Waals surface area contributed by atoms with E-state index in [0.717, 1.165) is 10.5 Å². The van der Waals surface area contributed by atoms with Gasteiger partial charge in [-0.3, -0.25) is 24.0 Å². The van der Waals surface area contributed by atoms with Crippen LogP contribution >= 0.6 is 11.6 Å². The number of halogens is 1. The predicted octanol–water partition coefficient (Wildman–Crippen LogP) is 7.32. The van der Waals surface area contributed by atoms with Crippen LogP contribution in [0.1, 0.15) is 59.8 Å². The number of hydrogen-bond acceptors (Lipinski definition) is 7. The number of benzene rings is 5. The number of ketones is 1. The molecule has 5 aromatic carbocycles. The maximum atomic E-state index is 15.5. The molecule has 278 valence electrons. The van der Waals surface area contributed by atoms with Gasteiger partial charge in [-0.1, -0.05) is 109 Å². The summed E-state index contributed by atoms with van der Waals surface area (Å²) in [7, 11) is 0. The molecule has 1 saturated carbocycles. The Morgan fingerprint density at radius 1 is 0.745 bits per heavy atom. The fourth-order valence-corrected chi connectivity index (χ4v) is 9.15. The molecule has 8 rings (SSSR count). The molecule has 1 fully saturated rings. The molecule has 0 bridgehead atoms. The van der Waals surface area contributed by atoms with Crippen LogP contribution in [0.4, 0.5) is 11.4 Å². The Bertz CT molecular complexity index is 2320. The molecule has 2 spiro atoms. The third kappa shape index (κ3) is 5.68. The number of aliphatic hydroxyl groups is 1. The van der Waals surface area contributed by atoms with E-state index in [4.69, 9.17) is 11.6 Å². The van der Waals surface area contributed by atoms with Crippen molar-refractivity contribution in [3.05, 3.63) is 166 Å². The van der Waals surface area contributed by atoms with Crippen molar-refractivity contribution in [1.29, 1.82) is 0 Å². The number of Topliss-reactive ketones (excluding diaryl/α,β-unsaturated/α-hetero) is 1. The molecular weight excluding hydrogens is 716 g/mol. The second kappa shape index (κ2) is 14.4. The highest BCUT2D eigenvalue weighted by atomic mass is 35.5. The van der Waals surface area contributed by atoms with Gasteiger partial charge in [0, 0.05) is 36.5 Å². The van der Waals surface area contributed by atoms with Crippen LogP contribution in [-0.2, 0) is 46.9 Å². The summed E-state index contributed by atoms with van der Waals surface area (Å²) in [5, 5.41) is 14.0. The van der Waals surface area contributed by atoms with Crippen molar-refractivity contribution < 1.29 is 33.8 Å². The van der Waals surface area contributed by atoms with Crippen LogP contribution < -0.4 is 9.80 Å². The van der Waals surface area contributed by atoms with Gasteiger partial charge in [0.2, 0.25) is 17.7 Å². The first-order chi connectivity index (χ1) is 26.4. The van der Waals surface area contributed by atoms with Crippen molar-refractivity contribution in [2.45, 2.75) is 50.2 Å². The smallest absolute Gasteiger partial charge is 0.302 e. The molecule has 5 aromatic rings. The largest absolute Gasteiger partial charge is 0.466 e. The first-order valence-electron chi connectivity index (χ1n) is 18.0. The number of carbonyl (C=O) groups is 5. The zero-order valence-corrected chi connectivity index (χ0v) is 31.3. The zero-order valence-electron chi connectivity index (χ0n) is 30.6.